The lowest BCUT2D eigenvalue weighted by Gasteiger charge is -2.16. The van der Waals surface area contributed by atoms with Crippen LogP contribution in [0.25, 0.3) is 0 Å². The molecule has 0 aromatic heterocycles. The van der Waals surface area contributed by atoms with Crippen LogP contribution in [0.15, 0.2) is 12.1 Å². The number of hydrogen-bond acceptors (Lipinski definition) is 3. The quantitative estimate of drug-likeness (QED) is 0.873. The summed E-state index contributed by atoms with van der Waals surface area (Å²) in [6.45, 7) is 2.88. The Morgan fingerprint density at radius 2 is 2.14 bits per heavy atom. The summed E-state index contributed by atoms with van der Waals surface area (Å²) in [5, 5.41) is 6.74. The fourth-order valence-corrected chi connectivity index (χ4v) is 3.25. The molecule has 1 unspecified atom stereocenters. The number of amides is 1. The van der Waals surface area contributed by atoms with Crippen LogP contribution in [-0.4, -0.2) is 18.6 Å². The number of carbonyl (C=O) groups excluding carboxylic acids is 1. The Balaban J connectivity index is 1.81. The molecule has 1 aromatic rings. The minimum Gasteiger partial charge on any atom is -0.489 e. The Morgan fingerprint density at radius 1 is 1.38 bits per heavy atom. The van der Waals surface area contributed by atoms with E-state index in [9.17, 15) is 4.79 Å². The van der Waals surface area contributed by atoms with E-state index < -0.39 is 0 Å². The summed E-state index contributed by atoms with van der Waals surface area (Å²) in [6, 6.07) is 3.41. The Labute approximate surface area is 130 Å². The SMILES string of the molecule is CCCNC1C(=O)Nc2cc(OC3CCCC3)c(Cl)cc21. The maximum absolute atomic E-state index is 12.0. The Bertz CT molecular complexity index is 541. The number of nitrogens with one attached hydrogen (secondary N) is 2. The average molecular weight is 309 g/mol. The molecule has 0 saturated heterocycles. The number of halogens is 1. The lowest BCUT2D eigenvalue weighted by molar-refractivity contribution is -0.117. The van der Waals surface area contributed by atoms with Gasteiger partial charge < -0.3 is 15.4 Å². The molecule has 1 fully saturated rings. The lowest BCUT2D eigenvalue weighted by atomic mass is 10.1. The summed E-state index contributed by atoms with van der Waals surface area (Å²) in [5.74, 6) is 0.659. The number of fused-ring (bicyclic) bond motifs is 1. The van der Waals surface area contributed by atoms with Crippen molar-refractivity contribution in [2.75, 3.05) is 11.9 Å². The van der Waals surface area contributed by atoms with Gasteiger partial charge in [-0.15, -0.1) is 0 Å². The first-order valence-corrected chi connectivity index (χ1v) is 8.11. The zero-order chi connectivity index (χ0) is 14.8. The molecule has 1 aromatic carbocycles. The summed E-state index contributed by atoms with van der Waals surface area (Å²) in [4.78, 5) is 12.0. The standard InChI is InChI=1S/C16H21ClN2O2/c1-2-7-18-15-11-8-12(17)14(9-13(11)19-16(15)20)21-10-5-3-4-6-10/h8-10,15,18H,2-7H2,1H3,(H,19,20). The van der Waals surface area contributed by atoms with Crippen LogP contribution in [0.3, 0.4) is 0 Å². The Kier molecular flexibility index (Phi) is 4.36. The predicted octanol–water partition coefficient (Wildman–Crippen LogP) is 3.65. The molecule has 1 atom stereocenters. The van der Waals surface area contributed by atoms with Crippen LogP contribution < -0.4 is 15.4 Å². The third kappa shape index (κ3) is 3.01. The molecule has 0 spiro atoms. The molecule has 21 heavy (non-hydrogen) atoms. The van der Waals surface area contributed by atoms with E-state index in [4.69, 9.17) is 16.3 Å². The molecule has 0 radical (unpaired) electrons. The summed E-state index contributed by atoms with van der Waals surface area (Å²) in [5.41, 5.74) is 1.73. The van der Waals surface area contributed by atoms with Gasteiger partial charge in [0.15, 0.2) is 0 Å². The van der Waals surface area contributed by atoms with E-state index in [2.05, 4.69) is 17.6 Å². The molecule has 1 aliphatic carbocycles. The summed E-state index contributed by atoms with van der Waals surface area (Å²) < 4.78 is 5.98. The lowest BCUT2D eigenvalue weighted by Crippen LogP contribution is -2.28. The molecule has 2 N–H and O–H groups in total. The van der Waals surface area contributed by atoms with E-state index in [0.717, 1.165) is 37.1 Å². The molecule has 1 amide bonds. The van der Waals surface area contributed by atoms with E-state index in [0.29, 0.717) is 10.8 Å². The molecule has 5 heteroatoms. The van der Waals surface area contributed by atoms with Crippen molar-refractivity contribution in [3.05, 3.63) is 22.7 Å². The maximum Gasteiger partial charge on any atom is 0.246 e. The predicted molar refractivity (Wildman–Crippen MR) is 84.0 cm³/mol. The van der Waals surface area contributed by atoms with Crippen molar-refractivity contribution in [3.63, 3.8) is 0 Å². The van der Waals surface area contributed by atoms with Crippen LogP contribution >= 0.6 is 11.6 Å². The van der Waals surface area contributed by atoms with E-state index in [1.807, 2.05) is 12.1 Å². The van der Waals surface area contributed by atoms with Crippen molar-refractivity contribution in [3.8, 4) is 5.75 Å². The average Bonchev–Trinajstić information content (AvgIpc) is 3.05. The molecule has 1 heterocycles. The van der Waals surface area contributed by atoms with E-state index in [1.165, 1.54) is 12.8 Å². The fourth-order valence-electron chi connectivity index (χ4n) is 3.03. The van der Waals surface area contributed by atoms with E-state index in [1.54, 1.807) is 0 Å². The minimum absolute atomic E-state index is 0.0208. The Morgan fingerprint density at radius 3 is 2.86 bits per heavy atom. The zero-order valence-electron chi connectivity index (χ0n) is 12.2. The molecular weight excluding hydrogens is 288 g/mol. The van der Waals surface area contributed by atoms with Crippen LogP contribution in [0, 0.1) is 0 Å². The zero-order valence-corrected chi connectivity index (χ0v) is 13.0. The molecular formula is C16H21ClN2O2. The number of anilines is 1. The van der Waals surface area contributed by atoms with Crippen molar-refractivity contribution in [2.24, 2.45) is 0 Å². The second-order valence-electron chi connectivity index (χ2n) is 5.77. The molecule has 114 valence electrons. The van der Waals surface area contributed by atoms with Crippen LogP contribution in [0.4, 0.5) is 5.69 Å². The van der Waals surface area contributed by atoms with Gasteiger partial charge in [-0.3, -0.25) is 4.79 Å². The highest BCUT2D eigenvalue weighted by Crippen LogP contribution is 2.39. The molecule has 0 bridgehead atoms. The highest BCUT2D eigenvalue weighted by molar-refractivity contribution is 6.32. The minimum atomic E-state index is -0.307. The third-order valence-electron chi connectivity index (χ3n) is 4.13. The normalized spacial score (nSPS) is 21.4. The maximum atomic E-state index is 12.0. The summed E-state index contributed by atoms with van der Waals surface area (Å²) in [6.07, 6.45) is 5.84. The highest BCUT2D eigenvalue weighted by Gasteiger charge is 2.31. The van der Waals surface area contributed by atoms with Crippen molar-refractivity contribution in [2.45, 2.75) is 51.2 Å². The second kappa shape index (κ2) is 6.24. The van der Waals surface area contributed by atoms with Gasteiger partial charge in [-0.05, 0) is 44.7 Å². The second-order valence-corrected chi connectivity index (χ2v) is 6.18. The van der Waals surface area contributed by atoms with Gasteiger partial charge >= 0.3 is 0 Å². The van der Waals surface area contributed by atoms with Crippen LogP contribution in [-0.2, 0) is 4.79 Å². The van der Waals surface area contributed by atoms with Crippen LogP contribution in [0.1, 0.15) is 50.6 Å². The van der Waals surface area contributed by atoms with Gasteiger partial charge in [0.2, 0.25) is 5.91 Å². The molecule has 1 aliphatic heterocycles. The number of benzene rings is 1. The molecule has 1 saturated carbocycles. The topological polar surface area (TPSA) is 50.4 Å². The first-order valence-electron chi connectivity index (χ1n) is 7.73. The van der Waals surface area contributed by atoms with Gasteiger partial charge in [0.1, 0.15) is 11.8 Å². The fraction of sp³-hybridized carbons (Fsp3) is 0.562. The monoisotopic (exact) mass is 308 g/mol. The van der Waals surface area contributed by atoms with Crippen molar-refractivity contribution < 1.29 is 9.53 Å². The van der Waals surface area contributed by atoms with E-state index in [-0.39, 0.29) is 18.1 Å². The van der Waals surface area contributed by atoms with Gasteiger partial charge in [0.25, 0.3) is 0 Å². The van der Waals surface area contributed by atoms with Gasteiger partial charge in [0.05, 0.1) is 11.1 Å². The summed E-state index contributed by atoms with van der Waals surface area (Å²) in [7, 11) is 0. The van der Waals surface area contributed by atoms with Gasteiger partial charge in [-0.2, -0.15) is 0 Å². The Hall–Kier alpha value is -1.26. The molecule has 4 nitrogen and oxygen atoms in total. The number of ether oxygens (including phenoxy) is 1. The first-order chi connectivity index (χ1) is 10.2. The van der Waals surface area contributed by atoms with Crippen molar-refractivity contribution in [1.82, 2.24) is 5.32 Å². The molecule has 2 aliphatic rings. The largest absolute Gasteiger partial charge is 0.489 e. The number of carbonyl (C=O) groups is 1. The van der Waals surface area contributed by atoms with Gasteiger partial charge in [-0.1, -0.05) is 18.5 Å². The smallest absolute Gasteiger partial charge is 0.246 e. The van der Waals surface area contributed by atoms with Gasteiger partial charge in [-0.25, -0.2) is 0 Å². The van der Waals surface area contributed by atoms with Crippen LogP contribution in [0.2, 0.25) is 5.02 Å². The highest BCUT2D eigenvalue weighted by atomic mass is 35.5. The van der Waals surface area contributed by atoms with Crippen molar-refractivity contribution in [1.29, 1.82) is 0 Å². The van der Waals surface area contributed by atoms with E-state index >= 15 is 0 Å². The summed E-state index contributed by atoms with van der Waals surface area (Å²) >= 11 is 6.34. The number of hydrogen-bond donors (Lipinski definition) is 2. The first kappa shape index (κ1) is 14.7. The van der Waals surface area contributed by atoms with Gasteiger partial charge in [0, 0.05) is 17.3 Å². The van der Waals surface area contributed by atoms with Crippen molar-refractivity contribution >= 4 is 23.2 Å². The third-order valence-corrected chi connectivity index (χ3v) is 4.42. The number of rotatable bonds is 5. The molecule has 3 rings (SSSR count). The van der Waals surface area contributed by atoms with Crippen LogP contribution in [0.5, 0.6) is 5.75 Å².